The third-order valence-electron chi connectivity index (χ3n) is 5.01. The van der Waals surface area contributed by atoms with E-state index >= 15 is 0 Å². The molecule has 7 nitrogen and oxygen atoms in total. The monoisotopic (exact) mass is 384 g/mol. The highest BCUT2D eigenvalue weighted by Gasteiger charge is 2.26. The standard InChI is InChI=1S/C21H28N4O3/c1-12(2)25-18(7-9-23-25)24-20(26)15(5)28-21(27)17-11-13(3)10-16-14(4)6-8-22-19(16)17/h7,9-12,14-15,22H,6,8H2,1-5H3,(H,24,26)/t14-,15-/m0/s1. The van der Waals surface area contributed by atoms with Gasteiger partial charge in [0.15, 0.2) is 6.10 Å². The van der Waals surface area contributed by atoms with E-state index in [2.05, 4.69) is 28.7 Å². The van der Waals surface area contributed by atoms with Crippen LogP contribution in [0.2, 0.25) is 0 Å². The number of esters is 1. The van der Waals surface area contributed by atoms with Crippen molar-refractivity contribution in [3.8, 4) is 0 Å². The summed E-state index contributed by atoms with van der Waals surface area (Å²) < 4.78 is 7.19. The normalized spacial score (nSPS) is 16.9. The molecule has 2 atom stereocenters. The molecule has 0 saturated carbocycles. The number of rotatable bonds is 5. The molecule has 1 aromatic carbocycles. The lowest BCUT2D eigenvalue weighted by atomic mass is 9.89. The van der Waals surface area contributed by atoms with Gasteiger partial charge in [-0.15, -0.1) is 0 Å². The largest absolute Gasteiger partial charge is 0.449 e. The number of nitrogens with one attached hydrogen (secondary N) is 2. The summed E-state index contributed by atoms with van der Waals surface area (Å²) in [6.07, 6.45) is 1.71. The zero-order chi connectivity index (χ0) is 20.4. The van der Waals surface area contributed by atoms with Crippen molar-refractivity contribution in [3.05, 3.63) is 41.1 Å². The van der Waals surface area contributed by atoms with Crippen LogP contribution >= 0.6 is 0 Å². The van der Waals surface area contributed by atoms with Crippen LogP contribution in [0.5, 0.6) is 0 Å². The van der Waals surface area contributed by atoms with Crippen molar-refractivity contribution in [1.29, 1.82) is 0 Å². The van der Waals surface area contributed by atoms with Crippen molar-refractivity contribution < 1.29 is 14.3 Å². The van der Waals surface area contributed by atoms with Crippen molar-refractivity contribution >= 4 is 23.4 Å². The molecular formula is C21H28N4O3. The van der Waals surface area contributed by atoms with Gasteiger partial charge in [0.25, 0.3) is 5.91 Å². The fraction of sp³-hybridized carbons (Fsp3) is 0.476. The third-order valence-corrected chi connectivity index (χ3v) is 5.01. The van der Waals surface area contributed by atoms with Gasteiger partial charge >= 0.3 is 5.97 Å². The SMILES string of the molecule is Cc1cc(C(=O)O[C@@H](C)C(=O)Nc2ccnn2C(C)C)c2c(c1)[C@@H](C)CCN2. The number of anilines is 2. The van der Waals surface area contributed by atoms with Gasteiger partial charge in [-0.05, 0) is 57.2 Å². The highest BCUT2D eigenvalue weighted by Crippen LogP contribution is 2.35. The molecule has 1 amide bonds. The lowest BCUT2D eigenvalue weighted by Crippen LogP contribution is -2.31. The molecule has 2 heterocycles. The number of aromatic nitrogens is 2. The van der Waals surface area contributed by atoms with Gasteiger partial charge in [0, 0.05) is 18.7 Å². The summed E-state index contributed by atoms with van der Waals surface area (Å²) in [6.45, 7) is 10.4. The maximum absolute atomic E-state index is 12.8. The maximum Gasteiger partial charge on any atom is 0.341 e. The Kier molecular flexibility index (Phi) is 5.72. The number of aryl methyl sites for hydroxylation is 1. The van der Waals surface area contributed by atoms with Crippen LogP contribution < -0.4 is 10.6 Å². The molecule has 150 valence electrons. The minimum Gasteiger partial charge on any atom is -0.449 e. The molecule has 0 aliphatic carbocycles. The number of hydrogen-bond acceptors (Lipinski definition) is 5. The van der Waals surface area contributed by atoms with Crippen molar-refractivity contribution in [2.75, 3.05) is 17.2 Å². The molecule has 1 aliphatic heterocycles. The molecule has 1 aromatic heterocycles. The van der Waals surface area contributed by atoms with Gasteiger partial charge in [-0.25, -0.2) is 9.48 Å². The predicted octanol–water partition coefficient (Wildman–Crippen LogP) is 3.88. The molecule has 7 heteroatoms. The van der Waals surface area contributed by atoms with E-state index in [1.807, 2.05) is 26.8 Å². The zero-order valence-corrected chi connectivity index (χ0v) is 17.1. The van der Waals surface area contributed by atoms with E-state index in [1.54, 1.807) is 23.9 Å². The number of amides is 1. The number of fused-ring (bicyclic) bond motifs is 1. The summed E-state index contributed by atoms with van der Waals surface area (Å²) in [5.74, 6) is 0.0613. The van der Waals surface area contributed by atoms with Crippen LogP contribution in [0.1, 0.15) is 67.6 Å². The van der Waals surface area contributed by atoms with Crippen LogP contribution in [-0.4, -0.2) is 34.3 Å². The van der Waals surface area contributed by atoms with Gasteiger partial charge in [0.2, 0.25) is 0 Å². The van der Waals surface area contributed by atoms with Crippen molar-refractivity contribution in [3.63, 3.8) is 0 Å². The average molecular weight is 384 g/mol. The van der Waals surface area contributed by atoms with Crippen LogP contribution in [0.15, 0.2) is 24.4 Å². The Bertz CT molecular complexity index is 888. The van der Waals surface area contributed by atoms with E-state index in [9.17, 15) is 9.59 Å². The quantitative estimate of drug-likeness (QED) is 0.764. The Morgan fingerprint density at radius 2 is 2.07 bits per heavy atom. The molecule has 0 saturated heterocycles. The Balaban J connectivity index is 1.74. The second kappa shape index (κ2) is 8.04. The average Bonchev–Trinajstić information content (AvgIpc) is 3.10. The van der Waals surface area contributed by atoms with Crippen LogP contribution in [0, 0.1) is 6.92 Å². The number of carbonyl (C=O) groups is 2. The van der Waals surface area contributed by atoms with Gasteiger partial charge < -0.3 is 15.4 Å². The van der Waals surface area contributed by atoms with Gasteiger partial charge in [-0.2, -0.15) is 5.10 Å². The van der Waals surface area contributed by atoms with Gasteiger partial charge in [-0.3, -0.25) is 4.79 Å². The van der Waals surface area contributed by atoms with Gasteiger partial charge in [0.1, 0.15) is 5.82 Å². The first-order valence-electron chi connectivity index (χ1n) is 9.71. The lowest BCUT2D eigenvalue weighted by molar-refractivity contribution is -0.123. The third kappa shape index (κ3) is 4.03. The first-order valence-corrected chi connectivity index (χ1v) is 9.71. The smallest absolute Gasteiger partial charge is 0.341 e. The van der Waals surface area contributed by atoms with E-state index in [1.165, 1.54) is 0 Å². The summed E-state index contributed by atoms with van der Waals surface area (Å²) >= 11 is 0. The van der Waals surface area contributed by atoms with Crippen molar-refractivity contribution in [1.82, 2.24) is 9.78 Å². The summed E-state index contributed by atoms with van der Waals surface area (Å²) in [4.78, 5) is 25.3. The van der Waals surface area contributed by atoms with Crippen LogP contribution in [0.4, 0.5) is 11.5 Å². The van der Waals surface area contributed by atoms with Crippen molar-refractivity contribution in [2.24, 2.45) is 0 Å². The highest BCUT2D eigenvalue weighted by molar-refractivity contribution is 6.00. The second-order valence-corrected chi connectivity index (χ2v) is 7.68. The molecular weight excluding hydrogens is 356 g/mol. The van der Waals surface area contributed by atoms with E-state index in [4.69, 9.17) is 4.74 Å². The van der Waals surface area contributed by atoms with E-state index in [0.29, 0.717) is 17.3 Å². The Morgan fingerprint density at radius 1 is 1.32 bits per heavy atom. The minimum atomic E-state index is -0.930. The van der Waals surface area contributed by atoms with E-state index in [0.717, 1.165) is 29.8 Å². The summed E-state index contributed by atoms with van der Waals surface area (Å²) in [7, 11) is 0. The first kappa shape index (κ1) is 19.9. The molecule has 2 N–H and O–H groups in total. The van der Waals surface area contributed by atoms with Crippen LogP contribution in [-0.2, 0) is 9.53 Å². The van der Waals surface area contributed by atoms with E-state index < -0.39 is 18.0 Å². The maximum atomic E-state index is 12.8. The summed E-state index contributed by atoms with van der Waals surface area (Å²) in [5, 5.41) is 10.3. The zero-order valence-electron chi connectivity index (χ0n) is 17.1. The Hall–Kier alpha value is -2.83. The Morgan fingerprint density at radius 3 is 2.79 bits per heavy atom. The lowest BCUT2D eigenvalue weighted by Gasteiger charge is -2.26. The van der Waals surface area contributed by atoms with E-state index in [-0.39, 0.29) is 6.04 Å². The van der Waals surface area contributed by atoms with Crippen LogP contribution in [0.25, 0.3) is 0 Å². The molecule has 0 radical (unpaired) electrons. The number of carbonyl (C=O) groups excluding carboxylic acids is 2. The van der Waals surface area contributed by atoms with Gasteiger partial charge in [-0.1, -0.05) is 13.0 Å². The molecule has 0 unspecified atom stereocenters. The molecule has 28 heavy (non-hydrogen) atoms. The fourth-order valence-electron chi connectivity index (χ4n) is 3.46. The number of benzene rings is 1. The topological polar surface area (TPSA) is 85.2 Å². The molecule has 2 aromatic rings. The van der Waals surface area contributed by atoms with Gasteiger partial charge in [0.05, 0.1) is 17.4 Å². The molecule has 3 rings (SSSR count). The van der Waals surface area contributed by atoms with Crippen LogP contribution in [0.3, 0.4) is 0 Å². The molecule has 0 spiro atoms. The number of nitrogens with zero attached hydrogens (tertiary/aromatic N) is 2. The first-order chi connectivity index (χ1) is 13.3. The molecule has 0 bridgehead atoms. The molecule has 1 aliphatic rings. The fourth-order valence-corrected chi connectivity index (χ4v) is 3.46. The number of ether oxygens (including phenoxy) is 1. The van der Waals surface area contributed by atoms with Crippen molar-refractivity contribution in [2.45, 2.75) is 59.1 Å². The summed E-state index contributed by atoms with van der Waals surface area (Å²) in [6, 6.07) is 5.74. The Labute approximate surface area is 165 Å². The minimum absolute atomic E-state index is 0.107. The highest BCUT2D eigenvalue weighted by atomic mass is 16.5. The summed E-state index contributed by atoms with van der Waals surface area (Å²) in [5.41, 5.74) is 3.42. The predicted molar refractivity (Wildman–Crippen MR) is 109 cm³/mol. The molecule has 0 fully saturated rings. The second-order valence-electron chi connectivity index (χ2n) is 7.68. The number of hydrogen-bond donors (Lipinski definition) is 2.